The molecule has 1 unspecified atom stereocenters. The lowest BCUT2D eigenvalue weighted by atomic mass is 9.81. The third kappa shape index (κ3) is 3.05. The van der Waals surface area contributed by atoms with E-state index in [0.29, 0.717) is 5.75 Å². The molecule has 0 rings (SSSR count). The van der Waals surface area contributed by atoms with Gasteiger partial charge in [0.1, 0.15) is 0 Å². The summed E-state index contributed by atoms with van der Waals surface area (Å²) in [5.74, 6) is 0.786. The van der Waals surface area contributed by atoms with Crippen molar-refractivity contribution in [3.63, 3.8) is 0 Å². The van der Waals surface area contributed by atoms with E-state index in [1.807, 2.05) is 0 Å². The molecular formula is C9H19NOS. The van der Waals surface area contributed by atoms with Crippen molar-refractivity contribution in [1.82, 2.24) is 4.90 Å². The molecule has 0 bridgehead atoms. The summed E-state index contributed by atoms with van der Waals surface area (Å²) in [5, 5.41) is 0. The van der Waals surface area contributed by atoms with Gasteiger partial charge in [0.15, 0.2) is 0 Å². The van der Waals surface area contributed by atoms with E-state index < -0.39 is 0 Å². The summed E-state index contributed by atoms with van der Waals surface area (Å²) >= 11 is 4.20. The lowest BCUT2D eigenvalue weighted by molar-refractivity contribution is -0.135. The van der Waals surface area contributed by atoms with Crippen molar-refractivity contribution in [3.05, 3.63) is 0 Å². The lowest BCUT2D eigenvalue weighted by Crippen LogP contribution is -2.38. The van der Waals surface area contributed by atoms with Crippen LogP contribution in [0.5, 0.6) is 0 Å². The Morgan fingerprint density at radius 1 is 1.42 bits per heavy atom. The number of amides is 1. The number of hydrogen-bond donors (Lipinski definition) is 1. The first-order chi connectivity index (χ1) is 5.30. The molecule has 2 nitrogen and oxygen atoms in total. The van der Waals surface area contributed by atoms with Gasteiger partial charge in [-0.2, -0.15) is 12.6 Å². The molecule has 0 saturated carbocycles. The van der Waals surface area contributed by atoms with Crippen molar-refractivity contribution < 1.29 is 4.79 Å². The van der Waals surface area contributed by atoms with E-state index in [2.05, 4.69) is 33.4 Å². The second kappa shape index (κ2) is 4.17. The van der Waals surface area contributed by atoms with Gasteiger partial charge in [0.2, 0.25) is 5.91 Å². The van der Waals surface area contributed by atoms with Crippen molar-refractivity contribution in [2.45, 2.75) is 20.8 Å². The van der Waals surface area contributed by atoms with Crippen LogP contribution in [0.4, 0.5) is 0 Å². The van der Waals surface area contributed by atoms with Crippen LogP contribution in [0.2, 0.25) is 0 Å². The van der Waals surface area contributed by atoms with E-state index in [-0.39, 0.29) is 17.2 Å². The Hall–Kier alpha value is -0.180. The van der Waals surface area contributed by atoms with E-state index in [9.17, 15) is 4.79 Å². The van der Waals surface area contributed by atoms with Crippen LogP contribution in [0.3, 0.4) is 0 Å². The molecule has 0 aromatic rings. The monoisotopic (exact) mass is 189 g/mol. The van der Waals surface area contributed by atoms with Crippen LogP contribution < -0.4 is 0 Å². The van der Waals surface area contributed by atoms with Gasteiger partial charge >= 0.3 is 0 Å². The van der Waals surface area contributed by atoms with Crippen molar-refractivity contribution in [2.24, 2.45) is 11.3 Å². The highest BCUT2D eigenvalue weighted by Gasteiger charge is 2.30. The molecule has 0 aliphatic rings. The van der Waals surface area contributed by atoms with Crippen LogP contribution in [0.25, 0.3) is 0 Å². The lowest BCUT2D eigenvalue weighted by Gasteiger charge is -2.30. The van der Waals surface area contributed by atoms with Gasteiger partial charge < -0.3 is 4.90 Å². The average Bonchev–Trinajstić information content (AvgIpc) is 1.85. The Labute approximate surface area is 80.7 Å². The maximum atomic E-state index is 11.6. The first-order valence-corrected chi connectivity index (χ1v) is 4.76. The Morgan fingerprint density at radius 3 is 1.92 bits per heavy atom. The Bertz CT molecular complexity index is 160. The largest absolute Gasteiger partial charge is 0.349 e. The summed E-state index contributed by atoms with van der Waals surface area (Å²) in [4.78, 5) is 13.2. The van der Waals surface area contributed by atoms with Gasteiger partial charge in [0.25, 0.3) is 0 Å². The van der Waals surface area contributed by atoms with Crippen molar-refractivity contribution in [1.29, 1.82) is 0 Å². The number of rotatable bonds is 2. The summed E-state index contributed by atoms with van der Waals surface area (Å²) in [6, 6.07) is 0. The van der Waals surface area contributed by atoms with Gasteiger partial charge in [0, 0.05) is 19.8 Å². The molecule has 0 aliphatic heterocycles. The van der Waals surface area contributed by atoms with E-state index in [1.165, 1.54) is 0 Å². The van der Waals surface area contributed by atoms with Crippen molar-refractivity contribution >= 4 is 18.5 Å². The average molecular weight is 189 g/mol. The Kier molecular flexibility index (Phi) is 4.11. The minimum Gasteiger partial charge on any atom is -0.349 e. The zero-order chi connectivity index (χ0) is 9.94. The summed E-state index contributed by atoms with van der Waals surface area (Å²) in [6.07, 6.45) is 0. The summed E-state index contributed by atoms with van der Waals surface area (Å²) in [5.41, 5.74) is 0.00308. The zero-order valence-corrected chi connectivity index (χ0v) is 9.48. The van der Waals surface area contributed by atoms with E-state index in [0.717, 1.165) is 0 Å². The molecule has 0 saturated heterocycles. The topological polar surface area (TPSA) is 20.3 Å². The normalized spacial score (nSPS) is 14.2. The molecule has 0 N–H and O–H groups in total. The predicted molar refractivity (Wildman–Crippen MR) is 55.5 cm³/mol. The smallest absolute Gasteiger partial charge is 0.226 e. The summed E-state index contributed by atoms with van der Waals surface area (Å²) < 4.78 is 0. The molecule has 0 radical (unpaired) electrons. The third-order valence-corrected chi connectivity index (χ3v) is 2.33. The van der Waals surface area contributed by atoms with Crippen molar-refractivity contribution in [3.8, 4) is 0 Å². The molecule has 1 atom stereocenters. The minimum atomic E-state index is 0.00308. The standard InChI is InChI=1S/C9H19NOS/c1-9(2,3)7(6-12)8(11)10(4)5/h7,12H,6H2,1-5H3. The maximum absolute atomic E-state index is 11.6. The fourth-order valence-electron chi connectivity index (χ4n) is 1.03. The molecule has 1 amide bonds. The van der Waals surface area contributed by atoms with Crippen LogP contribution >= 0.6 is 12.6 Å². The van der Waals surface area contributed by atoms with Gasteiger partial charge in [-0.1, -0.05) is 20.8 Å². The van der Waals surface area contributed by atoms with Gasteiger partial charge in [-0.15, -0.1) is 0 Å². The molecule has 0 heterocycles. The quantitative estimate of drug-likeness (QED) is 0.655. The first-order valence-electron chi connectivity index (χ1n) is 4.12. The molecule has 0 aliphatic carbocycles. The molecule has 0 fully saturated rings. The van der Waals surface area contributed by atoms with Crippen LogP contribution in [0.1, 0.15) is 20.8 Å². The van der Waals surface area contributed by atoms with Crippen LogP contribution in [0, 0.1) is 11.3 Å². The number of carbonyl (C=O) groups is 1. The third-order valence-electron chi connectivity index (χ3n) is 1.97. The highest BCUT2D eigenvalue weighted by molar-refractivity contribution is 7.80. The van der Waals surface area contributed by atoms with Crippen LogP contribution in [-0.2, 0) is 4.79 Å². The van der Waals surface area contributed by atoms with E-state index in [4.69, 9.17) is 0 Å². The highest BCUT2D eigenvalue weighted by Crippen LogP contribution is 2.27. The molecule has 0 aromatic heterocycles. The maximum Gasteiger partial charge on any atom is 0.226 e. The molecular weight excluding hydrogens is 170 g/mol. The number of carbonyl (C=O) groups excluding carboxylic acids is 1. The van der Waals surface area contributed by atoms with E-state index in [1.54, 1.807) is 19.0 Å². The molecule has 72 valence electrons. The molecule has 0 aromatic carbocycles. The fraction of sp³-hybridized carbons (Fsp3) is 0.889. The minimum absolute atomic E-state index is 0.00308. The first kappa shape index (κ1) is 11.8. The fourth-order valence-corrected chi connectivity index (χ4v) is 1.74. The van der Waals surface area contributed by atoms with Crippen molar-refractivity contribution in [2.75, 3.05) is 19.8 Å². The van der Waals surface area contributed by atoms with E-state index >= 15 is 0 Å². The molecule has 3 heteroatoms. The summed E-state index contributed by atoms with van der Waals surface area (Å²) in [6.45, 7) is 6.19. The Balaban J connectivity index is 4.47. The number of nitrogens with zero attached hydrogens (tertiary/aromatic N) is 1. The SMILES string of the molecule is CN(C)C(=O)C(CS)C(C)(C)C. The Morgan fingerprint density at radius 2 is 1.83 bits per heavy atom. The van der Waals surface area contributed by atoms with Crippen LogP contribution in [0.15, 0.2) is 0 Å². The van der Waals surface area contributed by atoms with Gasteiger partial charge in [0.05, 0.1) is 5.92 Å². The van der Waals surface area contributed by atoms with Gasteiger partial charge in [-0.3, -0.25) is 4.79 Å². The zero-order valence-electron chi connectivity index (χ0n) is 8.59. The predicted octanol–water partition coefficient (Wildman–Crippen LogP) is 1.67. The highest BCUT2D eigenvalue weighted by atomic mass is 32.1. The summed E-state index contributed by atoms with van der Waals surface area (Å²) in [7, 11) is 3.56. The van der Waals surface area contributed by atoms with Gasteiger partial charge in [-0.25, -0.2) is 0 Å². The second-order valence-corrected chi connectivity index (χ2v) is 4.70. The number of thiol groups is 1. The number of hydrogen-bond acceptors (Lipinski definition) is 2. The second-order valence-electron chi connectivity index (χ2n) is 4.33. The molecule has 12 heavy (non-hydrogen) atoms. The van der Waals surface area contributed by atoms with Gasteiger partial charge in [-0.05, 0) is 5.41 Å². The molecule has 0 spiro atoms. The van der Waals surface area contributed by atoms with Crippen LogP contribution in [-0.4, -0.2) is 30.7 Å².